The van der Waals surface area contributed by atoms with Crippen molar-refractivity contribution in [2.75, 3.05) is 36.8 Å². The minimum atomic E-state index is -4.62. The van der Waals surface area contributed by atoms with Crippen molar-refractivity contribution in [3.8, 4) is 11.1 Å². The second-order valence-electron chi connectivity index (χ2n) is 11.5. The number of benzene rings is 2. The highest BCUT2D eigenvalue weighted by atomic mass is 127. The minimum absolute atomic E-state index is 0.00434. The largest absolute Gasteiger partial charge is 0.451 e. The molecule has 46 heavy (non-hydrogen) atoms. The molecule has 18 heteroatoms. The van der Waals surface area contributed by atoms with Crippen molar-refractivity contribution in [3.05, 3.63) is 62.0 Å². The number of aromatic nitrogens is 5. The Balaban J connectivity index is 1.37. The molecule has 3 aliphatic rings. The van der Waals surface area contributed by atoms with Crippen molar-refractivity contribution in [3.63, 3.8) is 0 Å². The normalized spacial score (nSPS) is 22.0. The molecule has 3 atom stereocenters. The van der Waals surface area contributed by atoms with Crippen molar-refractivity contribution in [2.45, 2.75) is 47.2 Å². The molecule has 1 fully saturated rings. The topological polar surface area (TPSA) is 84.1 Å². The van der Waals surface area contributed by atoms with Gasteiger partial charge in [0.15, 0.2) is 0 Å². The van der Waals surface area contributed by atoms with E-state index in [-0.39, 0.29) is 56.7 Å². The Bertz CT molecular complexity index is 1940. The summed E-state index contributed by atoms with van der Waals surface area (Å²) in [7, 11) is 0. The number of nitrogens with zero attached hydrogens (tertiary/aromatic N) is 7. The molecule has 1 unspecified atom stereocenters. The van der Waals surface area contributed by atoms with Crippen molar-refractivity contribution in [1.82, 2.24) is 34.5 Å². The maximum Gasteiger partial charge on any atom is 0.451 e. The van der Waals surface area contributed by atoms with Gasteiger partial charge in [0.2, 0.25) is 5.82 Å². The molecule has 0 saturated carbocycles. The predicted octanol–water partition coefficient (Wildman–Crippen LogP) is 5.98. The van der Waals surface area contributed by atoms with Crippen LogP contribution in [0, 0.1) is 11.6 Å². The summed E-state index contributed by atoms with van der Waals surface area (Å²) in [6.45, 7) is 3.99. The summed E-state index contributed by atoms with van der Waals surface area (Å²) >= 11 is 16.6. The lowest BCUT2D eigenvalue weighted by Crippen LogP contribution is -2.54. The molecule has 9 nitrogen and oxygen atoms in total. The Morgan fingerprint density at radius 3 is 2.65 bits per heavy atom. The fourth-order valence-electron chi connectivity index (χ4n) is 6.37. The average Bonchev–Trinajstić information content (AvgIpc) is 3.43. The lowest BCUT2D eigenvalue weighted by molar-refractivity contribution is -0.148. The molecule has 2 aromatic carbocycles. The number of piperazine rings is 1. The maximum absolute atomic E-state index is 15.3. The molecule has 0 bridgehead atoms. The van der Waals surface area contributed by atoms with Gasteiger partial charge in [-0.2, -0.15) is 18.2 Å². The molecule has 7 rings (SSSR count). The number of hydrogen-bond acceptors (Lipinski definition) is 8. The van der Waals surface area contributed by atoms with E-state index >= 15 is 4.39 Å². The zero-order chi connectivity index (χ0) is 32.7. The molecule has 1 saturated heterocycles. The van der Waals surface area contributed by atoms with E-state index in [2.05, 4.69) is 43.1 Å². The molecule has 3 aliphatic heterocycles. The Labute approximate surface area is 286 Å². The van der Waals surface area contributed by atoms with Crippen molar-refractivity contribution in [1.29, 1.82) is 0 Å². The van der Waals surface area contributed by atoms with Crippen LogP contribution in [-0.4, -0.2) is 71.2 Å². The first-order valence-electron chi connectivity index (χ1n) is 14.2. The molecule has 0 amide bonds. The van der Waals surface area contributed by atoms with Crippen LogP contribution in [0.3, 0.4) is 0 Å². The van der Waals surface area contributed by atoms with Gasteiger partial charge in [0, 0.05) is 72.0 Å². The van der Waals surface area contributed by atoms with Crippen molar-refractivity contribution >= 4 is 74.3 Å². The Kier molecular flexibility index (Phi) is 8.44. The van der Waals surface area contributed by atoms with Gasteiger partial charge >= 0.3 is 11.9 Å². The number of hydrogen-bond donors (Lipinski definition) is 1. The van der Waals surface area contributed by atoms with E-state index in [1.165, 1.54) is 17.8 Å². The van der Waals surface area contributed by atoms with Crippen LogP contribution in [0.15, 0.2) is 27.9 Å². The van der Waals surface area contributed by atoms with Gasteiger partial charge in [-0.15, -0.1) is 22.0 Å². The third kappa shape index (κ3) is 5.55. The quantitative estimate of drug-likeness (QED) is 0.0887. The smallest absolute Gasteiger partial charge is 0.350 e. The van der Waals surface area contributed by atoms with Crippen LogP contribution in [0.25, 0.3) is 22.0 Å². The number of nitrogens with one attached hydrogen (secondary N) is 1. The summed E-state index contributed by atoms with van der Waals surface area (Å²) in [5.41, 5.74) is 0.268. The number of alkyl halides is 4. The Hall–Kier alpha value is -2.25. The van der Waals surface area contributed by atoms with Crippen LogP contribution < -0.4 is 15.9 Å². The minimum Gasteiger partial charge on any atom is -0.350 e. The Morgan fingerprint density at radius 2 is 1.89 bits per heavy atom. The number of thioether (sulfide) groups is 1. The van der Waals surface area contributed by atoms with Gasteiger partial charge in [-0.05, 0) is 19.1 Å². The zero-order valence-electron chi connectivity index (χ0n) is 23.9. The molecule has 1 N–H and O–H groups in total. The van der Waals surface area contributed by atoms with Crippen LogP contribution in [-0.2, 0) is 19.3 Å². The molecule has 4 aromatic rings. The van der Waals surface area contributed by atoms with Gasteiger partial charge in [0.25, 0.3) is 0 Å². The summed E-state index contributed by atoms with van der Waals surface area (Å²) in [5.74, 6) is -1.81. The van der Waals surface area contributed by atoms with E-state index in [0.717, 1.165) is 4.57 Å². The standard InChI is InChI=1S/C28H24Cl2F5IN8OS/c1-12-7-37-20(36)9-43(12)25-15-5-17(30)22(14-4-16(29)19(32)6-18(14)31)24-23(15)44(27(45)38-25)13(11-46-24)8-41-2-3-42-21(10-41)39-40-26(42)28(33,34)35/h4-6,12-13,20,37H,2-3,7-11H2,1H3/t12?,13-,20-/m0/s1. The predicted molar refractivity (Wildman–Crippen MR) is 174 cm³/mol. The molecule has 0 radical (unpaired) electrons. The molecule has 0 spiro atoms. The third-order valence-corrected chi connectivity index (χ3v) is 11.2. The molecule has 244 valence electrons. The molecular weight excluding hydrogens is 789 g/mol. The van der Waals surface area contributed by atoms with Gasteiger partial charge in [-0.1, -0.05) is 45.8 Å². The van der Waals surface area contributed by atoms with E-state index < -0.39 is 35.4 Å². The fourth-order valence-corrected chi connectivity index (χ4v) is 8.90. The Morgan fingerprint density at radius 1 is 1.11 bits per heavy atom. The van der Waals surface area contributed by atoms with Crippen molar-refractivity contribution < 1.29 is 22.0 Å². The molecule has 2 aromatic heterocycles. The fraction of sp³-hybridized carbons (Fsp3) is 0.429. The van der Waals surface area contributed by atoms with Crippen LogP contribution in [0.5, 0.6) is 0 Å². The summed E-state index contributed by atoms with van der Waals surface area (Å²) in [6.07, 6.45) is -4.62. The molecule has 0 aliphatic carbocycles. The van der Waals surface area contributed by atoms with E-state index in [0.29, 0.717) is 53.1 Å². The monoisotopic (exact) mass is 812 g/mol. The first-order chi connectivity index (χ1) is 21.8. The summed E-state index contributed by atoms with van der Waals surface area (Å²) in [6, 6.07) is 3.09. The zero-order valence-corrected chi connectivity index (χ0v) is 28.4. The van der Waals surface area contributed by atoms with Crippen LogP contribution in [0.4, 0.5) is 27.8 Å². The van der Waals surface area contributed by atoms with Gasteiger partial charge in [0.05, 0.1) is 32.2 Å². The van der Waals surface area contributed by atoms with E-state index in [1.807, 2.05) is 16.7 Å². The second kappa shape index (κ2) is 12.0. The molecule has 5 heterocycles. The van der Waals surface area contributed by atoms with E-state index in [1.54, 1.807) is 10.6 Å². The number of halogens is 8. The van der Waals surface area contributed by atoms with E-state index in [9.17, 15) is 22.4 Å². The van der Waals surface area contributed by atoms with Gasteiger partial charge < -0.3 is 14.8 Å². The average molecular weight is 813 g/mol. The summed E-state index contributed by atoms with van der Waals surface area (Å²) < 4.78 is 72.4. The highest BCUT2D eigenvalue weighted by Gasteiger charge is 2.40. The first kappa shape index (κ1) is 32.3. The summed E-state index contributed by atoms with van der Waals surface area (Å²) in [5, 5.41) is 11.1. The first-order valence-corrected chi connectivity index (χ1v) is 17.2. The highest BCUT2D eigenvalue weighted by Crippen LogP contribution is 2.49. The SMILES string of the molecule is CC1CN[C@H](I)CN1c1nc(=O)n2c3c(c(-c4cc(Cl)c(F)cc4F)c(Cl)cc13)SC[C@@H]2CN1CCn2c(nnc2C(F)(F)F)C1. The van der Waals surface area contributed by atoms with Crippen LogP contribution in [0.1, 0.15) is 24.6 Å². The van der Waals surface area contributed by atoms with Gasteiger partial charge in [-0.3, -0.25) is 9.47 Å². The number of fused-ring (bicyclic) bond motifs is 1. The lowest BCUT2D eigenvalue weighted by Gasteiger charge is -2.39. The number of anilines is 1. The van der Waals surface area contributed by atoms with Crippen LogP contribution >= 0.6 is 57.6 Å². The highest BCUT2D eigenvalue weighted by molar-refractivity contribution is 14.1. The molecular formula is C28H24Cl2F5IN8OS. The van der Waals surface area contributed by atoms with Gasteiger partial charge in [-0.25, -0.2) is 13.6 Å². The third-order valence-electron chi connectivity index (χ3n) is 8.51. The van der Waals surface area contributed by atoms with Crippen LogP contribution in [0.2, 0.25) is 10.0 Å². The van der Waals surface area contributed by atoms with Crippen molar-refractivity contribution in [2.24, 2.45) is 0 Å². The van der Waals surface area contributed by atoms with E-state index in [4.69, 9.17) is 23.2 Å². The maximum atomic E-state index is 15.3. The second-order valence-corrected chi connectivity index (χ2v) is 14.8. The van der Waals surface area contributed by atoms with Gasteiger partial charge in [0.1, 0.15) is 23.3 Å². The summed E-state index contributed by atoms with van der Waals surface area (Å²) in [4.78, 5) is 23.1. The number of rotatable bonds is 4. The lowest BCUT2D eigenvalue weighted by atomic mass is 10.0.